The Labute approximate surface area is 168 Å². The quantitative estimate of drug-likeness (QED) is 0.654. The van der Waals surface area contributed by atoms with Crippen molar-refractivity contribution in [1.29, 1.82) is 0 Å². The minimum atomic E-state index is -0.360. The second-order valence-corrected chi connectivity index (χ2v) is 7.40. The third kappa shape index (κ3) is 6.16. The van der Waals surface area contributed by atoms with Crippen LogP contribution < -0.4 is 15.4 Å². The Morgan fingerprint density at radius 3 is 2.38 bits per heavy atom. The van der Waals surface area contributed by atoms with Crippen molar-refractivity contribution in [2.24, 2.45) is 0 Å². The number of amides is 1. The highest BCUT2D eigenvalue weighted by Crippen LogP contribution is 2.24. The number of hydrogen-bond acceptors (Lipinski definition) is 3. The van der Waals surface area contributed by atoms with Crippen molar-refractivity contribution in [3.63, 3.8) is 0 Å². The molecule has 0 bridgehead atoms. The highest BCUT2D eigenvalue weighted by molar-refractivity contribution is 7.80. The molecule has 26 heavy (non-hydrogen) atoms. The lowest BCUT2D eigenvalue weighted by molar-refractivity contribution is -0.121. The second kappa shape index (κ2) is 9.21. The number of carbonyl (C=O) groups excluding carboxylic acids is 1. The van der Waals surface area contributed by atoms with Gasteiger partial charge in [0.1, 0.15) is 5.75 Å². The molecule has 0 radical (unpaired) electrons. The van der Waals surface area contributed by atoms with Crippen molar-refractivity contribution in [2.75, 3.05) is 11.9 Å². The van der Waals surface area contributed by atoms with E-state index in [0.29, 0.717) is 27.4 Å². The fourth-order valence-electron chi connectivity index (χ4n) is 2.49. The Kier molecular flexibility index (Phi) is 7.26. The van der Waals surface area contributed by atoms with E-state index in [2.05, 4.69) is 24.5 Å². The first-order chi connectivity index (χ1) is 12.2. The summed E-state index contributed by atoms with van der Waals surface area (Å²) in [4.78, 5) is 12.0. The summed E-state index contributed by atoms with van der Waals surface area (Å²) in [7, 11) is 0. The Morgan fingerprint density at radius 2 is 1.81 bits per heavy atom. The maximum Gasteiger partial charge on any atom is 0.264 e. The molecule has 0 aliphatic heterocycles. The van der Waals surface area contributed by atoms with Crippen LogP contribution >= 0.6 is 35.4 Å². The summed E-state index contributed by atoms with van der Waals surface area (Å²) in [5, 5.41) is 6.49. The van der Waals surface area contributed by atoms with Crippen molar-refractivity contribution >= 4 is 52.1 Å². The fourth-order valence-corrected chi connectivity index (χ4v) is 3.24. The molecule has 2 N–H and O–H groups in total. The van der Waals surface area contributed by atoms with Crippen LogP contribution in [0.1, 0.15) is 30.9 Å². The van der Waals surface area contributed by atoms with E-state index in [-0.39, 0.29) is 17.6 Å². The summed E-state index contributed by atoms with van der Waals surface area (Å²) < 4.78 is 5.53. The molecule has 7 heteroatoms. The molecular weight excluding hydrogens is 391 g/mol. The summed E-state index contributed by atoms with van der Waals surface area (Å²) in [5.41, 5.74) is 2.98. The molecule has 1 amide bonds. The van der Waals surface area contributed by atoms with Crippen LogP contribution in [0.5, 0.6) is 5.75 Å². The van der Waals surface area contributed by atoms with Crippen LogP contribution in [-0.2, 0) is 4.79 Å². The van der Waals surface area contributed by atoms with Gasteiger partial charge in [0, 0.05) is 15.7 Å². The maximum atomic E-state index is 12.0. The topological polar surface area (TPSA) is 50.4 Å². The van der Waals surface area contributed by atoms with E-state index in [1.807, 2.05) is 25.1 Å². The number of hydrogen-bond donors (Lipinski definition) is 2. The standard InChI is InChI=1S/C19H20Cl2N2O2S/c1-11(2)17-5-4-16(6-12(17)3)25-10-18(24)23-19(26)22-15-8-13(20)7-14(21)9-15/h4-9,11H,10H2,1-3H3,(H2,22,23,24,26). The Morgan fingerprint density at radius 1 is 1.15 bits per heavy atom. The molecule has 2 aromatic carbocycles. The van der Waals surface area contributed by atoms with Gasteiger partial charge < -0.3 is 10.1 Å². The lowest BCUT2D eigenvalue weighted by Crippen LogP contribution is -2.37. The fraction of sp³-hybridized carbons (Fsp3) is 0.263. The summed E-state index contributed by atoms with van der Waals surface area (Å²) in [5.74, 6) is 0.722. The Balaban J connectivity index is 1.86. The zero-order valence-electron chi connectivity index (χ0n) is 14.7. The van der Waals surface area contributed by atoms with Crippen LogP contribution in [0, 0.1) is 6.92 Å². The van der Waals surface area contributed by atoms with E-state index >= 15 is 0 Å². The number of rotatable bonds is 5. The molecule has 0 spiro atoms. The zero-order valence-corrected chi connectivity index (χ0v) is 17.1. The van der Waals surface area contributed by atoms with Crippen molar-refractivity contribution in [2.45, 2.75) is 26.7 Å². The third-order valence-corrected chi connectivity index (χ3v) is 4.25. The zero-order chi connectivity index (χ0) is 19.3. The molecule has 0 fully saturated rings. The van der Waals surface area contributed by atoms with E-state index in [1.54, 1.807) is 18.2 Å². The van der Waals surface area contributed by atoms with Crippen LogP contribution in [0.15, 0.2) is 36.4 Å². The highest BCUT2D eigenvalue weighted by Gasteiger charge is 2.09. The summed E-state index contributed by atoms with van der Waals surface area (Å²) in [6.45, 7) is 6.16. The van der Waals surface area contributed by atoms with Gasteiger partial charge in [-0.1, -0.05) is 43.1 Å². The molecular formula is C19H20Cl2N2O2S. The number of anilines is 1. The van der Waals surface area contributed by atoms with Gasteiger partial charge in [0.2, 0.25) is 0 Å². The van der Waals surface area contributed by atoms with Crippen LogP contribution in [0.4, 0.5) is 5.69 Å². The van der Waals surface area contributed by atoms with Crippen LogP contribution in [0.3, 0.4) is 0 Å². The van der Waals surface area contributed by atoms with E-state index < -0.39 is 0 Å². The van der Waals surface area contributed by atoms with Crippen molar-refractivity contribution in [3.05, 3.63) is 57.6 Å². The van der Waals surface area contributed by atoms with E-state index in [9.17, 15) is 4.79 Å². The number of ether oxygens (including phenoxy) is 1. The van der Waals surface area contributed by atoms with Gasteiger partial charge in [-0.05, 0) is 66.5 Å². The molecule has 0 aliphatic carbocycles. The largest absolute Gasteiger partial charge is 0.484 e. The molecule has 2 rings (SSSR count). The summed E-state index contributed by atoms with van der Waals surface area (Å²) in [6.07, 6.45) is 0. The number of nitrogens with one attached hydrogen (secondary N) is 2. The first-order valence-corrected chi connectivity index (χ1v) is 9.21. The molecule has 0 saturated heterocycles. The van der Waals surface area contributed by atoms with Crippen molar-refractivity contribution in [1.82, 2.24) is 5.32 Å². The second-order valence-electron chi connectivity index (χ2n) is 6.12. The number of halogens is 2. The average molecular weight is 411 g/mol. The number of benzene rings is 2. The van der Waals surface area contributed by atoms with Crippen LogP contribution in [0.25, 0.3) is 0 Å². The van der Waals surface area contributed by atoms with Gasteiger partial charge in [-0.15, -0.1) is 0 Å². The first kappa shape index (κ1) is 20.5. The first-order valence-electron chi connectivity index (χ1n) is 8.05. The Hall–Kier alpha value is -1.82. The van der Waals surface area contributed by atoms with Gasteiger partial charge in [-0.25, -0.2) is 0 Å². The van der Waals surface area contributed by atoms with Crippen LogP contribution in [-0.4, -0.2) is 17.6 Å². The number of aryl methyl sites for hydroxylation is 1. The predicted molar refractivity (Wildman–Crippen MR) is 112 cm³/mol. The van der Waals surface area contributed by atoms with E-state index in [4.69, 9.17) is 40.2 Å². The minimum absolute atomic E-state index is 0.140. The van der Waals surface area contributed by atoms with Gasteiger partial charge in [-0.2, -0.15) is 0 Å². The molecule has 138 valence electrons. The number of carbonyl (C=O) groups is 1. The van der Waals surface area contributed by atoms with E-state index in [0.717, 1.165) is 5.56 Å². The molecule has 4 nitrogen and oxygen atoms in total. The lowest BCUT2D eigenvalue weighted by atomic mass is 9.98. The lowest BCUT2D eigenvalue weighted by Gasteiger charge is -2.13. The summed E-state index contributed by atoms with van der Waals surface area (Å²) >= 11 is 17.0. The number of thiocarbonyl (C=S) groups is 1. The van der Waals surface area contributed by atoms with Gasteiger partial charge in [0.25, 0.3) is 5.91 Å². The van der Waals surface area contributed by atoms with Gasteiger partial charge in [-0.3, -0.25) is 10.1 Å². The van der Waals surface area contributed by atoms with Crippen molar-refractivity contribution < 1.29 is 9.53 Å². The molecule has 0 aromatic heterocycles. The normalized spacial score (nSPS) is 10.5. The molecule has 0 heterocycles. The molecule has 0 aliphatic rings. The third-order valence-electron chi connectivity index (χ3n) is 3.61. The van der Waals surface area contributed by atoms with E-state index in [1.165, 1.54) is 5.56 Å². The maximum absolute atomic E-state index is 12.0. The Bertz CT molecular complexity index is 805. The smallest absolute Gasteiger partial charge is 0.264 e. The molecule has 0 atom stereocenters. The highest BCUT2D eigenvalue weighted by atomic mass is 35.5. The van der Waals surface area contributed by atoms with Gasteiger partial charge in [0.05, 0.1) is 0 Å². The van der Waals surface area contributed by atoms with Crippen LogP contribution in [0.2, 0.25) is 10.0 Å². The monoisotopic (exact) mass is 410 g/mol. The van der Waals surface area contributed by atoms with Gasteiger partial charge >= 0.3 is 0 Å². The minimum Gasteiger partial charge on any atom is -0.484 e. The van der Waals surface area contributed by atoms with Gasteiger partial charge in [0.15, 0.2) is 11.7 Å². The molecule has 2 aromatic rings. The summed E-state index contributed by atoms with van der Waals surface area (Å²) in [6, 6.07) is 10.7. The SMILES string of the molecule is Cc1cc(OCC(=O)NC(=S)Nc2cc(Cl)cc(Cl)c2)ccc1C(C)C. The van der Waals surface area contributed by atoms with Crippen molar-refractivity contribution in [3.8, 4) is 5.75 Å². The molecule has 0 unspecified atom stereocenters. The predicted octanol–water partition coefficient (Wildman–Crippen LogP) is 5.32. The molecule has 0 saturated carbocycles. The average Bonchev–Trinajstić information content (AvgIpc) is 2.51.